The molecule has 1 atom stereocenters. The molecule has 25 heavy (non-hydrogen) atoms. The number of hydrogen-bond acceptors (Lipinski definition) is 3. The molecule has 1 fully saturated rings. The molecular weight excluding hydrogens is 318 g/mol. The van der Waals surface area contributed by atoms with Crippen molar-refractivity contribution in [1.82, 2.24) is 14.5 Å². The van der Waals surface area contributed by atoms with Gasteiger partial charge in [0.1, 0.15) is 0 Å². The Bertz CT molecular complexity index is 868. The van der Waals surface area contributed by atoms with Gasteiger partial charge in [-0.05, 0) is 30.9 Å². The van der Waals surface area contributed by atoms with Crippen LogP contribution in [0.25, 0.3) is 0 Å². The van der Waals surface area contributed by atoms with E-state index in [1.165, 1.54) is 28.0 Å². The molecule has 0 bridgehead atoms. The Morgan fingerprint density at radius 1 is 1.24 bits per heavy atom. The number of amides is 1. The molecule has 6 nitrogen and oxygen atoms in total. The third kappa shape index (κ3) is 4.07. The molecule has 0 radical (unpaired) electrons. The Balaban J connectivity index is 1.63. The summed E-state index contributed by atoms with van der Waals surface area (Å²) in [5.74, 6) is 0.422. The van der Waals surface area contributed by atoms with Gasteiger partial charge in [-0.15, -0.1) is 0 Å². The molecule has 2 aromatic rings. The van der Waals surface area contributed by atoms with Gasteiger partial charge in [-0.1, -0.05) is 24.3 Å². The van der Waals surface area contributed by atoms with E-state index in [1.807, 2.05) is 17.0 Å². The predicted molar refractivity (Wildman–Crippen MR) is 95.7 cm³/mol. The summed E-state index contributed by atoms with van der Waals surface area (Å²) in [6, 6.07) is 9.63. The molecule has 1 aliphatic heterocycles. The lowest BCUT2D eigenvalue weighted by atomic mass is 9.88. The molecule has 0 aliphatic carbocycles. The molecule has 6 heteroatoms. The van der Waals surface area contributed by atoms with Crippen molar-refractivity contribution in [3.8, 4) is 0 Å². The summed E-state index contributed by atoms with van der Waals surface area (Å²) in [6.07, 6.45) is 3.77. The van der Waals surface area contributed by atoms with Crippen molar-refractivity contribution < 1.29 is 4.79 Å². The van der Waals surface area contributed by atoms with Gasteiger partial charge >= 0.3 is 5.69 Å². The second kappa shape index (κ2) is 7.51. The van der Waals surface area contributed by atoms with Gasteiger partial charge in [0.05, 0.1) is 0 Å². The molecule has 1 aliphatic rings. The molecule has 0 saturated carbocycles. The average molecular weight is 341 g/mol. The van der Waals surface area contributed by atoms with Crippen LogP contribution >= 0.6 is 0 Å². The van der Waals surface area contributed by atoms with Gasteiger partial charge in [-0.3, -0.25) is 14.6 Å². The molecule has 1 N–H and O–H groups in total. The van der Waals surface area contributed by atoms with Crippen LogP contribution in [0, 0.1) is 6.92 Å². The van der Waals surface area contributed by atoms with E-state index in [1.54, 1.807) is 0 Å². The van der Waals surface area contributed by atoms with Gasteiger partial charge in [-0.25, -0.2) is 4.79 Å². The molecule has 1 saturated heterocycles. The van der Waals surface area contributed by atoms with Crippen LogP contribution < -0.4 is 11.2 Å². The van der Waals surface area contributed by atoms with Crippen LogP contribution in [-0.4, -0.2) is 33.4 Å². The number of aromatic nitrogens is 2. The van der Waals surface area contributed by atoms with E-state index in [4.69, 9.17) is 0 Å². The van der Waals surface area contributed by atoms with Gasteiger partial charge in [0.2, 0.25) is 5.91 Å². The number of carbonyl (C=O) groups excluding carboxylic acids is 1. The fraction of sp³-hybridized carbons (Fsp3) is 0.421. The maximum absolute atomic E-state index is 12.6. The average Bonchev–Trinajstić information content (AvgIpc) is 2.61. The van der Waals surface area contributed by atoms with E-state index in [-0.39, 0.29) is 18.9 Å². The molecule has 1 amide bonds. The first-order valence-electron chi connectivity index (χ1n) is 8.67. The van der Waals surface area contributed by atoms with Crippen molar-refractivity contribution >= 4 is 5.91 Å². The second-order valence-electron chi connectivity index (χ2n) is 6.59. The van der Waals surface area contributed by atoms with Gasteiger partial charge in [-0.2, -0.15) is 0 Å². The van der Waals surface area contributed by atoms with Gasteiger partial charge in [0, 0.05) is 44.2 Å². The zero-order valence-corrected chi connectivity index (χ0v) is 14.4. The number of carbonyl (C=O) groups is 1. The maximum atomic E-state index is 12.6. The highest BCUT2D eigenvalue weighted by Gasteiger charge is 2.25. The third-order valence-corrected chi connectivity index (χ3v) is 4.87. The fourth-order valence-electron chi connectivity index (χ4n) is 3.50. The minimum atomic E-state index is -0.475. The minimum absolute atomic E-state index is 0.0522. The van der Waals surface area contributed by atoms with Crippen LogP contribution in [-0.2, 0) is 11.3 Å². The normalized spacial score (nSPS) is 17.5. The van der Waals surface area contributed by atoms with E-state index in [0.29, 0.717) is 5.92 Å². The summed E-state index contributed by atoms with van der Waals surface area (Å²) in [5.41, 5.74) is 1.68. The number of benzene rings is 1. The number of nitrogens with one attached hydrogen (secondary N) is 1. The van der Waals surface area contributed by atoms with Gasteiger partial charge < -0.3 is 9.47 Å². The number of hydrogen-bond donors (Lipinski definition) is 1. The number of rotatable bonds is 4. The summed E-state index contributed by atoms with van der Waals surface area (Å²) in [5, 5.41) is 0. The number of likely N-dealkylation sites (tertiary alicyclic amines) is 1. The maximum Gasteiger partial charge on any atom is 0.328 e. The van der Waals surface area contributed by atoms with E-state index in [2.05, 4.69) is 24.0 Å². The number of piperidine rings is 1. The second-order valence-corrected chi connectivity index (χ2v) is 6.59. The highest BCUT2D eigenvalue weighted by Crippen LogP contribution is 2.29. The largest absolute Gasteiger partial charge is 0.342 e. The van der Waals surface area contributed by atoms with Crippen molar-refractivity contribution in [2.45, 2.75) is 38.6 Å². The van der Waals surface area contributed by atoms with E-state index >= 15 is 0 Å². The zero-order valence-electron chi connectivity index (χ0n) is 14.4. The topological polar surface area (TPSA) is 75.2 Å². The fourth-order valence-corrected chi connectivity index (χ4v) is 3.50. The third-order valence-electron chi connectivity index (χ3n) is 4.87. The Labute approximate surface area is 146 Å². The van der Waals surface area contributed by atoms with E-state index in [9.17, 15) is 14.4 Å². The summed E-state index contributed by atoms with van der Waals surface area (Å²) in [4.78, 5) is 39.4. The molecule has 1 unspecified atom stereocenters. The first-order chi connectivity index (χ1) is 12.0. The van der Waals surface area contributed by atoms with E-state index < -0.39 is 11.2 Å². The van der Waals surface area contributed by atoms with Crippen LogP contribution in [0.15, 0.2) is 46.1 Å². The smallest absolute Gasteiger partial charge is 0.328 e. The van der Waals surface area contributed by atoms with E-state index in [0.717, 1.165) is 25.9 Å². The Morgan fingerprint density at radius 2 is 2.04 bits per heavy atom. The first-order valence-corrected chi connectivity index (χ1v) is 8.67. The van der Waals surface area contributed by atoms with Crippen LogP contribution in [0.1, 0.15) is 36.3 Å². The van der Waals surface area contributed by atoms with Crippen molar-refractivity contribution in [1.29, 1.82) is 0 Å². The lowest BCUT2D eigenvalue weighted by molar-refractivity contribution is -0.132. The quantitative estimate of drug-likeness (QED) is 0.919. The molecule has 2 heterocycles. The highest BCUT2D eigenvalue weighted by atomic mass is 16.2. The summed E-state index contributed by atoms with van der Waals surface area (Å²) in [7, 11) is 0. The Morgan fingerprint density at radius 3 is 2.80 bits per heavy atom. The number of aryl methyl sites for hydroxylation is 2. The summed E-state index contributed by atoms with van der Waals surface area (Å²) < 4.78 is 1.36. The zero-order chi connectivity index (χ0) is 17.8. The summed E-state index contributed by atoms with van der Waals surface area (Å²) in [6.45, 7) is 3.88. The van der Waals surface area contributed by atoms with Crippen molar-refractivity contribution in [2.24, 2.45) is 0 Å². The van der Waals surface area contributed by atoms with Gasteiger partial charge in [0.15, 0.2) is 0 Å². The molecule has 132 valence electrons. The highest BCUT2D eigenvalue weighted by molar-refractivity contribution is 5.76. The SMILES string of the molecule is Cc1ccccc1C1CCCN(C(=O)CCn2ccc(=O)[nH]c2=O)C1. The van der Waals surface area contributed by atoms with Crippen LogP contribution in [0.4, 0.5) is 0 Å². The monoisotopic (exact) mass is 341 g/mol. The van der Waals surface area contributed by atoms with Gasteiger partial charge in [0.25, 0.3) is 5.56 Å². The minimum Gasteiger partial charge on any atom is -0.342 e. The Kier molecular flexibility index (Phi) is 5.16. The molecule has 1 aromatic heterocycles. The van der Waals surface area contributed by atoms with Crippen molar-refractivity contribution in [3.63, 3.8) is 0 Å². The summed E-state index contributed by atoms with van der Waals surface area (Å²) >= 11 is 0. The lowest BCUT2D eigenvalue weighted by Gasteiger charge is -2.33. The molecular formula is C19H23N3O3. The number of aromatic amines is 1. The molecule has 0 spiro atoms. The standard InChI is InChI=1S/C19H23N3O3/c1-14-5-2-3-7-16(14)15-6-4-10-22(13-15)18(24)9-12-21-11-8-17(23)20-19(21)25/h2-3,5,7-8,11,15H,4,6,9-10,12-13H2,1H3,(H,20,23,25). The van der Waals surface area contributed by atoms with Crippen molar-refractivity contribution in [2.75, 3.05) is 13.1 Å². The van der Waals surface area contributed by atoms with Crippen LogP contribution in [0.3, 0.4) is 0 Å². The Hall–Kier alpha value is -2.63. The van der Waals surface area contributed by atoms with Crippen LogP contribution in [0.2, 0.25) is 0 Å². The molecule has 1 aromatic carbocycles. The first kappa shape index (κ1) is 17.2. The number of H-pyrrole nitrogens is 1. The predicted octanol–water partition coefficient (Wildman–Crippen LogP) is 1.64. The molecule has 3 rings (SSSR count). The lowest BCUT2D eigenvalue weighted by Crippen LogP contribution is -2.40. The van der Waals surface area contributed by atoms with Crippen molar-refractivity contribution in [3.05, 3.63) is 68.5 Å². The van der Waals surface area contributed by atoms with Crippen LogP contribution in [0.5, 0.6) is 0 Å². The number of nitrogens with zero attached hydrogens (tertiary/aromatic N) is 2.